The van der Waals surface area contributed by atoms with Crippen molar-refractivity contribution in [2.45, 2.75) is 70.9 Å². The number of benzene rings is 3. The van der Waals surface area contributed by atoms with Crippen LogP contribution < -0.4 is 10.2 Å². The minimum atomic E-state index is -0.562. The van der Waals surface area contributed by atoms with E-state index in [1.807, 2.05) is 48.5 Å². The van der Waals surface area contributed by atoms with Crippen LogP contribution in [0, 0.1) is 0 Å². The Kier molecular flexibility index (Phi) is 11.8. The number of fused-ring (bicyclic) bond motifs is 3. The van der Waals surface area contributed by atoms with Gasteiger partial charge in [0.05, 0.1) is 12.7 Å². The van der Waals surface area contributed by atoms with Crippen LogP contribution in [0.25, 0.3) is 11.1 Å². The fourth-order valence-electron chi connectivity index (χ4n) is 5.65. The van der Waals surface area contributed by atoms with E-state index in [0.717, 1.165) is 54.6 Å². The molecule has 1 amide bonds. The molecule has 0 saturated carbocycles. The first-order valence-electron chi connectivity index (χ1n) is 15.2. The van der Waals surface area contributed by atoms with Gasteiger partial charge in [-0.05, 0) is 41.2 Å². The third-order valence-corrected chi connectivity index (χ3v) is 7.86. The van der Waals surface area contributed by atoms with E-state index in [9.17, 15) is 14.0 Å². The monoisotopic (exact) mass is 574 g/mol. The SMILES string of the molecule is CCCCCCN(C[C@@H](CCF)NC(=O)OCC1c2ccccc2-c2ccccc21)c1ccccc1COC(=O)CC. The molecule has 0 radical (unpaired) electrons. The van der Waals surface area contributed by atoms with Gasteiger partial charge in [-0.25, -0.2) is 4.79 Å². The molecule has 0 heterocycles. The van der Waals surface area contributed by atoms with Gasteiger partial charge in [0.2, 0.25) is 0 Å². The molecule has 1 aliphatic rings. The number of esters is 1. The maximum absolute atomic E-state index is 13.7. The fraction of sp³-hybridized carbons (Fsp3) is 0.429. The fourth-order valence-corrected chi connectivity index (χ4v) is 5.65. The van der Waals surface area contributed by atoms with Crippen molar-refractivity contribution in [3.63, 3.8) is 0 Å². The van der Waals surface area contributed by atoms with Gasteiger partial charge in [-0.1, -0.05) is 99.8 Å². The Bertz CT molecular complexity index is 1270. The van der Waals surface area contributed by atoms with Crippen molar-refractivity contribution in [2.24, 2.45) is 0 Å². The molecule has 0 aliphatic heterocycles. The number of carbonyl (C=O) groups is 2. The standard InChI is InChI=1S/C35H43FN2O4/c1-3-5-6-13-22-38(33-19-12-7-14-26(33)24-41-34(39)4-2)23-27(20-21-36)37-35(40)42-25-32-30-17-10-8-15-28(30)29-16-9-11-18-31(29)32/h7-12,14-19,27,32H,3-6,13,20-25H2,1-2H3,(H,37,40)/t27-/m1/s1. The van der Waals surface area contributed by atoms with Crippen molar-refractivity contribution in [1.29, 1.82) is 0 Å². The van der Waals surface area contributed by atoms with E-state index in [2.05, 4.69) is 41.4 Å². The predicted octanol–water partition coefficient (Wildman–Crippen LogP) is 7.79. The molecule has 0 fully saturated rings. The number of nitrogens with zero attached hydrogens (tertiary/aromatic N) is 1. The van der Waals surface area contributed by atoms with Crippen molar-refractivity contribution < 1.29 is 23.5 Å². The van der Waals surface area contributed by atoms with Crippen LogP contribution in [0.4, 0.5) is 14.9 Å². The summed E-state index contributed by atoms with van der Waals surface area (Å²) in [6, 6.07) is 23.8. The summed E-state index contributed by atoms with van der Waals surface area (Å²) in [4.78, 5) is 27.1. The number of alkyl carbamates (subject to hydrolysis) is 1. The summed E-state index contributed by atoms with van der Waals surface area (Å²) < 4.78 is 24.9. The average molecular weight is 575 g/mol. The average Bonchev–Trinajstić information content (AvgIpc) is 3.34. The Morgan fingerprint density at radius 1 is 0.881 bits per heavy atom. The lowest BCUT2D eigenvalue weighted by Gasteiger charge is -2.31. The highest BCUT2D eigenvalue weighted by Gasteiger charge is 2.29. The van der Waals surface area contributed by atoms with Gasteiger partial charge >= 0.3 is 12.1 Å². The molecule has 42 heavy (non-hydrogen) atoms. The minimum absolute atomic E-state index is 0.0458. The molecule has 0 bridgehead atoms. The van der Waals surface area contributed by atoms with Crippen LogP contribution in [0.15, 0.2) is 72.8 Å². The molecule has 0 spiro atoms. The van der Waals surface area contributed by atoms with Crippen LogP contribution in [-0.2, 0) is 20.9 Å². The molecule has 0 unspecified atom stereocenters. The molecule has 4 rings (SSSR count). The normalized spacial score (nSPS) is 12.7. The molecule has 1 atom stereocenters. The van der Waals surface area contributed by atoms with Crippen LogP contribution in [0.2, 0.25) is 0 Å². The molecular formula is C35H43FN2O4. The molecule has 0 aromatic heterocycles. The molecular weight excluding hydrogens is 531 g/mol. The number of hydrogen-bond acceptors (Lipinski definition) is 5. The second-order valence-electron chi connectivity index (χ2n) is 10.8. The number of amides is 1. The third-order valence-electron chi connectivity index (χ3n) is 7.86. The quantitative estimate of drug-likeness (QED) is 0.140. The van der Waals surface area contributed by atoms with Crippen LogP contribution in [0.3, 0.4) is 0 Å². The molecule has 7 heteroatoms. The first-order valence-corrected chi connectivity index (χ1v) is 15.2. The van der Waals surface area contributed by atoms with Gasteiger partial charge in [0.15, 0.2) is 0 Å². The smallest absolute Gasteiger partial charge is 0.407 e. The van der Waals surface area contributed by atoms with Crippen molar-refractivity contribution in [1.82, 2.24) is 5.32 Å². The molecule has 1 N–H and O–H groups in total. The predicted molar refractivity (Wildman–Crippen MR) is 165 cm³/mol. The third kappa shape index (κ3) is 8.11. The van der Waals surface area contributed by atoms with E-state index in [-0.39, 0.29) is 31.5 Å². The number of unbranched alkanes of at least 4 members (excludes halogenated alkanes) is 3. The topological polar surface area (TPSA) is 67.9 Å². The van der Waals surface area contributed by atoms with Crippen LogP contribution in [0.5, 0.6) is 0 Å². The molecule has 6 nitrogen and oxygen atoms in total. The summed E-state index contributed by atoms with van der Waals surface area (Å²) in [6.07, 6.45) is 4.23. The largest absolute Gasteiger partial charge is 0.461 e. The van der Waals surface area contributed by atoms with Crippen LogP contribution in [-0.4, -0.2) is 44.5 Å². The van der Waals surface area contributed by atoms with Gasteiger partial charge in [0, 0.05) is 36.7 Å². The van der Waals surface area contributed by atoms with E-state index in [4.69, 9.17) is 9.47 Å². The zero-order chi connectivity index (χ0) is 29.7. The van der Waals surface area contributed by atoms with E-state index < -0.39 is 18.8 Å². The first-order chi connectivity index (χ1) is 20.5. The van der Waals surface area contributed by atoms with Gasteiger partial charge in [0.25, 0.3) is 0 Å². The maximum atomic E-state index is 13.7. The summed E-state index contributed by atoms with van der Waals surface area (Å²) in [6.45, 7) is 4.91. The Morgan fingerprint density at radius 2 is 1.55 bits per heavy atom. The maximum Gasteiger partial charge on any atom is 0.407 e. The summed E-state index contributed by atoms with van der Waals surface area (Å²) in [5.74, 6) is -0.304. The molecule has 3 aromatic carbocycles. The van der Waals surface area contributed by atoms with E-state index in [1.54, 1.807) is 6.92 Å². The number of rotatable bonds is 16. The number of halogens is 1. The van der Waals surface area contributed by atoms with Crippen LogP contribution >= 0.6 is 0 Å². The molecule has 3 aromatic rings. The lowest BCUT2D eigenvalue weighted by molar-refractivity contribution is -0.144. The number of nitrogens with one attached hydrogen (secondary N) is 1. The summed E-state index contributed by atoms with van der Waals surface area (Å²) in [7, 11) is 0. The Morgan fingerprint density at radius 3 is 2.21 bits per heavy atom. The molecule has 0 saturated heterocycles. The number of ether oxygens (including phenoxy) is 2. The Hall–Kier alpha value is -3.87. The van der Waals surface area contributed by atoms with Crippen molar-refractivity contribution in [2.75, 3.05) is 31.3 Å². The zero-order valence-corrected chi connectivity index (χ0v) is 24.8. The summed E-state index contributed by atoms with van der Waals surface area (Å²) >= 11 is 0. The van der Waals surface area contributed by atoms with E-state index in [1.165, 1.54) is 11.1 Å². The Balaban J connectivity index is 1.44. The number of para-hydroxylation sites is 1. The molecule has 1 aliphatic carbocycles. The Labute approximate surface area is 249 Å². The zero-order valence-electron chi connectivity index (χ0n) is 24.8. The lowest BCUT2D eigenvalue weighted by Crippen LogP contribution is -2.45. The van der Waals surface area contributed by atoms with Gasteiger partial charge in [0.1, 0.15) is 13.2 Å². The second kappa shape index (κ2) is 15.9. The number of carbonyl (C=O) groups excluding carboxylic acids is 2. The van der Waals surface area contributed by atoms with Crippen molar-refractivity contribution >= 4 is 17.7 Å². The highest BCUT2D eigenvalue weighted by Crippen LogP contribution is 2.44. The van der Waals surface area contributed by atoms with Gasteiger partial charge in [-0.15, -0.1) is 0 Å². The molecule has 224 valence electrons. The van der Waals surface area contributed by atoms with Gasteiger partial charge < -0.3 is 19.7 Å². The number of alkyl halides is 1. The number of hydrogen-bond donors (Lipinski definition) is 1. The summed E-state index contributed by atoms with van der Waals surface area (Å²) in [5, 5.41) is 2.94. The van der Waals surface area contributed by atoms with E-state index >= 15 is 0 Å². The highest BCUT2D eigenvalue weighted by molar-refractivity contribution is 5.79. The highest BCUT2D eigenvalue weighted by atomic mass is 19.1. The van der Waals surface area contributed by atoms with Crippen molar-refractivity contribution in [3.8, 4) is 11.1 Å². The number of anilines is 1. The van der Waals surface area contributed by atoms with Crippen LogP contribution in [0.1, 0.15) is 75.0 Å². The van der Waals surface area contributed by atoms with Gasteiger partial charge in [-0.2, -0.15) is 0 Å². The van der Waals surface area contributed by atoms with Gasteiger partial charge in [-0.3, -0.25) is 9.18 Å². The second-order valence-corrected chi connectivity index (χ2v) is 10.8. The lowest BCUT2D eigenvalue weighted by atomic mass is 9.98. The van der Waals surface area contributed by atoms with Crippen molar-refractivity contribution in [3.05, 3.63) is 89.5 Å². The summed E-state index contributed by atoms with van der Waals surface area (Å²) in [5.41, 5.74) is 6.43. The van der Waals surface area contributed by atoms with E-state index in [0.29, 0.717) is 13.0 Å². The minimum Gasteiger partial charge on any atom is -0.461 e. The first kappa shape index (κ1) is 31.1.